The molecule has 120 valence electrons. The highest BCUT2D eigenvalue weighted by atomic mass is 35.5. The molecule has 23 heavy (non-hydrogen) atoms. The van der Waals surface area contributed by atoms with E-state index < -0.39 is 0 Å². The Morgan fingerprint density at radius 2 is 1.74 bits per heavy atom. The molecule has 1 aliphatic rings. The van der Waals surface area contributed by atoms with Crippen LogP contribution in [0.25, 0.3) is 0 Å². The lowest BCUT2D eigenvalue weighted by molar-refractivity contribution is 0.0947. The van der Waals surface area contributed by atoms with Gasteiger partial charge in [0.1, 0.15) is 0 Å². The molecule has 2 aromatic rings. The van der Waals surface area contributed by atoms with Crippen LogP contribution in [0.15, 0.2) is 36.4 Å². The molecule has 1 amide bonds. The molecule has 5 nitrogen and oxygen atoms in total. The second kappa shape index (κ2) is 6.48. The van der Waals surface area contributed by atoms with Crippen LogP contribution in [0.2, 0.25) is 5.02 Å². The third-order valence-corrected chi connectivity index (χ3v) is 3.72. The van der Waals surface area contributed by atoms with Crippen LogP contribution in [0.4, 0.5) is 0 Å². The van der Waals surface area contributed by atoms with E-state index in [2.05, 4.69) is 5.32 Å². The molecule has 0 bridgehead atoms. The van der Waals surface area contributed by atoms with Crippen molar-refractivity contribution in [2.45, 2.75) is 0 Å². The van der Waals surface area contributed by atoms with Crippen molar-refractivity contribution in [3.63, 3.8) is 0 Å². The Hall–Kier alpha value is -2.24. The number of halogens is 1. The maximum absolute atomic E-state index is 12.4. The molecular weight excluding hydrogens is 316 g/mol. The smallest absolute Gasteiger partial charge is 0.255 e. The fourth-order valence-corrected chi connectivity index (χ4v) is 2.46. The van der Waals surface area contributed by atoms with E-state index in [1.807, 2.05) is 19.0 Å². The van der Waals surface area contributed by atoms with Gasteiger partial charge in [-0.05, 0) is 38.4 Å². The van der Waals surface area contributed by atoms with E-state index in [0.29, 0.717) is 40.1 Å². The molecule has 0 aliphatic carbocycles. The first kappa shape index (κ1) is 15.6. The zero-order valence-electron chi connectivity index (χ0n) is 12.9. The van der Waals surface area contributed by atoms with Crippen molar-refractivity contribution < 1.29 is 14.3 Å². The molecule has 1 heterocycles. The van der Waals surface area contributed by atoms with Crippen molar-refractivity contribution in [3.05, 3.63) is 47.0 Å². The number of hydrogen-bond donors (Lipinski definition) is 1. The van der Waals surface area contributed by atoms with Gasteiger partial charge in [-0.25, -0.2) is 0 Å². The van der Waals surface area contributed by atoms with Crippen LogP contribution in [0.1, 0.15) is 10.4 Å². The molecule has 0 fully saturated rings. The lowest BCUT2D eigenvalue weighted by Crippen LogP contribution is -2.31. The second-order valence-corrected chi connectivity index (χ2v) is 5.87. The molecule has 6 heteroatoms. The highest BCUT2D eigenvalue weighted by Gasteiger charge is 2.25. The molecule has 1 N–H and O–H groups in total. The number of nitrogens with zero attached hydrogens (tertiary/aromatic N) is 1. The molecule has 0 unspecified atom stereocenters. The van der Waals surface area contributed by atoms with Gasteiger partial charge in [-0.3, -0.25) is 4.79 Å². The largest absolute Gasteiger partial charge is 0.449 e. The maximum Gasteiger partial charge on any atom is 0.255 e. The van der Waals surface area contributed by atoms with E-state index in [9.17, 15) is 4.79 Å². The average Bonchev–Trinajstić information content (AvgIpc) is 2.52. The van der Waals surface area contributed by atoms with Crippen LogP contribution in [-0.2, 0) is 0 Å². The van der Waals surface area contributed by atoms with Gasteiger partial charge in [0.15, 0.2) is 23.0 Å². The summed E-state index contributed by atoms with van der Waals surface area (Å²) >= 11 is 6.12. The van der Waals surface area contributed by atoms with Crippen LogP contribution in [0.5, 0.6) is 23.0 Å². The number of benzene rings is 2. The van der Waals surface area contributed by atoms with Gasteiger partial charge in [-0.2, -0.15) is 0 Å². The third kappa shape index (κ3) is 3.25. The monoisotopic (exact) mass is 332 g/mol. The maximum atomic E-state index is 12.4. The van der Waals surface area contributed by atoms with E-state index in [-0.39, 0.29) is 5.91 Å². The zero-order chi connectivity index (χ0) is 16.4. The minimum absolute atomic E-state index is 0.197. The number of para-hydroxylation sites is 2. The van der Waals surface area contributed by atoms with Gasteiger partial charge in [0.25, 0.3) is 5.91 Å². The number of fused-ring (bicyclic) bond motifs is 2. The Morgan fingerprint density at radius 1 is 1.09 bits per heavy atom. The first-order valence-corrected chi connectivity index (χ1v) is 7.64. The van der Waals surface area contributed by atoms with Crippen molar-refractivity contribution >= 4 is 17.5 Å². The molecule has 0 saturated heterocycles. The minimum atomic E-state index is -0.197. The predicted molar refractivity (Wildman–Crippen MR) is 88.9 cm³/mol. The van der Waals surface area contributed by atoms with E-state index >= 15 is 0 Å². The van der Waals surface area contributed by atoms with E-state index in [1.54, 1.807) is 36.4 Å². The minimum Gasteiger partial charge on any atom is -0.449 e. The standard InChI is InChI=1S/C17H17ClN2O3/c1-20(2)10-9-19-17(21)11-5-3-7-13-15(11)22-14-8-4-6-12(18)16(14)23-13/h3-8H,9-10H2,1-2H3,(H,19,21). The predicted octanol–water partition coefficient (Wildman–Crippen LogP) is 3.53. The number of likely N-dealkylation sites (N-methyl/N-ethyl adjacent to an activating group) is 1. The van der Waals surface area contributed by atoms with Crippen LogP contribution in [0.3, 0.4) is 0 Å². The molecule has 0 radical (unpaired) electrons. The lowest BCUT2D eigenvalue weighted by Gasteiger charge is -2.23. The third-order valence-electron chi connectivity index (χ3n) is 3.42. The number of nitrogens with one attached hydrogen (secondary N) is 1. The van der Waals surface area contributed by atoms with Gasteiger partial charge in [0.05, 0.1) is 10.6 Å². The molecule has 1 aliphatic heterocycles. The lowest BCUT2D eigenvalue weighted by atomic mass is 10.1. The van der Waals surface area contributed by atoms with Crippen molar-refractivity contribution in [3.8, 4) is 23.0 Å². The van der Waals surface area contributed by atoms with Gasteiger partial charge in [0, 0.05) is 13.1 Å². The van der Waals surface area contributed by atoms with Crippen LogP contribution >= 0.6 is 11.6 Å². The number of carbonyl (C=O) groups excluding carboxylic acids is 1. The fraction of sp³-hybridized carbons (Fsp3) is 0.235. The normalized spacial score (nSPS) is 12.0. The number of hydrogen-bond acceptors (Lipinski definition) is 4. The topological polar surface area (TPSA) is 50.8 Å². The SMILES string of the molecule is CN(C)CCNC(=O)c1cccc2c1Oc1cccc(Cl)c1O2. The molecular formula is C17H17ClN2O3. The Labute approximate surface area is 139 Å². The highest BCUT2D eigenvalue weighted by molar-refractivity contribution is 6.32. The summed E-state index contributed by atoms with van der Waals surface area (Å²) in [7, 11) is 3.91. The Bertz CT molecular complexity index is 747. The first-order chi connectivity index (χ1) is 11.1. The van der Waals surface area contributed by atoms with Crippen molar-refractivity contribution in [2.24, 2.45) is 0 Å². The number of amides is 1. The van der Waals surface area contributed by atoms with Crippen molar-refractivity contribution in [2.75, 3.05) is 27.2 Å². The summed E-state index contributed by atoms with van der Waals surface area (Å²) in [4.78, 5) is 14.4. The van der Waals surface area contributed by atoms with Gasteiger partial charge in [0.2, 0.25) is 0 Å². The molecule has 2 aromatic carbocycles. The number of rotatable bonds is 4. The van der Waals surface area contributed by atoms with Crippen LogP contribution in [0, 0.1) is 0 Å². The highest BCUT2D eigenvalue weighted by Crippen LogP contribution is 2.49. The average molecular weight is 333 g/mol. The van der Waals surface area contributed by atoms with E-state index in [0.717, 1.165) is 6.54 Å². The Morgan fingerprint density at radius 3 is 2.48 bits per heavy atom. The first-order valence-electron chi connectivity index (χ1n) is 7.26. The summed E-state index contributed by atoms with van der Waals surface area (Å²) in [5.74, 6) is 1.65. The van der Waals surface area contributed by atoms with Crippen molar-refractivity contribution in [1.29, 1.82) is 0 Å². The molecule has 0 saturated carbocycles. The molecule has 0 spiro atoms. The van der Waals surface area contributed by atoms with Crippen LogP contribution < -0.4 is 14.8 Å². The molecule has 0 aromatic heterocycles. The fourth-order valence-electron chi connectivity index (χ4n) is 2.26. The Kier molecular flexibility index (Phi) is 4.41. The van der Waals surface area contributed by atoms with Crippen LogP contribution in [-0.4, -0.2) is 38.0 Å². The summed E-state index contributed by atoms with van der Waals surface area (Å²) in [6, 6.07) is 10.5. The van der Waals surface area contributed by atoms with E-state index in [1.165, 1.54) is 0 Å². The van der Waals surface area contributed by atoms with Gasteiger partial charge >= 0.3 is 0 Å². The summed E-state index contributed by atoms with van der Waals surface area (Å²) in [5.41, 5.74) is 0.437. The Balaban J connectivity index is 1.85. The number of carbonyl (C=O) groups is 1. The van der Waals surface area contributed by atoms with Gasteiger partial charge in [-0.15, -0.1) is 0 Å². The quantitative estimate of drug-likeness (QED) is 0.794. The van der Waals surface area contributed by atoms with Gasteiger partial charge < -0.3 is 19.7 Å². The summed E-state index contributed by atoms with van der Waals surface area (Å²) in [6.45, 7) is 1.31. The summed E-state index contributed by atoms with van der Waals surface area (Å²) < 4.78 is 11.7. The molecule has 3 rings (SSSR count). The summed E-state index contributed by atoms with van der Waals surface area (Å²) in [5, 5.41) is 3.34. The van der Waals surface area contributed by atoms with E-state index in [4.69, 9.17) is 21.1 Å². The molecule has 0 atom stereocenters. The zero-order valence-corrected chi connectivity index (χ0v) is 13.7. The second-order valence-electron chi connectivity index (χ2n) is 5.46. The van der Waals surface area contributed by atoms with Gasteiger partial charge in [-0.1, -0.05) is 23.7 Å². The number of ether oxygens (including phenoxy) is 2. The summed E-state index contributed by atoms with van der Waals surface area (Å²) in [6.07, 6.45) is 0. The van der Waals surface area contributed by atoms with Crippen molar-refractivity contribution in [1.82, 2.24) is 10.2 Å².